The molecule has 4 nitrogen and oxygen atoms in total. The molecule has 2 atom stereocenters. The van der Waals surface area contributed by atoms with Gasteiger partial charge in [-0.25, -0.2) is 4.98 Å². The Hall–Kier alpha value is -1.75. The van der Waals surface area contributed by atoms with E-state index in [4.69, 9.17) is 4.42 Å². The van der Waals surface area contributed by atoms with Crippen LogP contribution in [0.5, 0.6) is 0 Å². The molecule has 1 amide bonds. The molecule has 0 N–H and O–H groups in total. The minimum Gasteiger partial charge on any atom is -0.444 e. The molecule has 0 saturated heterocycles. The second kappa shape index (κ2) is 8.56. The van der Waals surface area contributed by atoms with Crippen molar-refractivity contribution < 1.29 is 9.21 Å². The number of hydrogen-bond acceptors (Lipinski definition) is 4. The first-order chi connectivity index (χ1) is 12.1. The Morgan fingerprint density at radius 2 is 2.04 bits per heavy atom. The van der Waals surface area contributed by atoms with Crippen LogP contribution in [0, 0.1) is 5.92 Å². The third kappa shape index (κ3) is 4.66. The highest BCUT2D eigenvalue weighted by Gasteiger charge is 2.27. The third-order valence-electron chi connectivity index (χ3n) is 5.01. The highest BCUT2D eigenvalue weighted by molar-refractivity contribution is 7.99. The van der Waals surface area contributed by atoms with Crippen molar-refractivity contribution in [3.63, 3.8) is 0 Å². The van der Waals surface area contributed by atoms with Crippen LogP contribution in [-0.2, 0) is 10.5 Å². The molecule has 1 aliphatic rings. The molecule has 0 bridgehead atoms. The van der Waals surface area contributed by atoms with E-state index in [-0.39, 0.29) is 5.91 Å². The van der Waals surface area contributed by atoms with Gasteiger partial charge in [0.2, 0.25) is 11.8 Å². The van der Waals surface area contributed by atoms with E-state index in [1.807, 2.05) is 42.3 Å². The SMILES string of the molecule is CC1CCCCC1N(C)C(=O)CSCc1coc(-c2ccccc2)n1. The lowest BCUT2D eigenvalue weighted by atomic mass is 9.85. The van der Waals surface area contributed by atoms with Crippen molar-refractivity contribution in [2.45, 2.75) is 44.4 Å². The Morgan fingerprint density at radius 1 is 1.28 bits per heavy atom. The van der Waals surface area contributed by atoms with Crippen LogP contribution in [0.3, 0.4) is 0 Å². The summed E-state index contributed by atoms with van der Waals surface area (Å²) in [5.74, 6) is 2.64. The lowest BCUT2D eigenvalue weighted by molar-refractivity contribution is -0.130. The summed E-state index contributed by atoms with van der Waals surface area (Å²) in [4.78, 5) is 18.9. The van der Waals surface area contributed by atoms with Crippen molar-refractivity contribution in [1.82, 2.24) is 9.88 Å². The Bertz CT molecular complexity index is 686. The van der Waals surface area contributed by atoms with Crippen molar-refractivity contribution in [2.75, 3.05) is 12.8 Å². The van der Waals surface area contributed by atoms with Crippen LogP contribution < -0.4 is 0 Å². The van der Waals surface area contributed by atoms with Gasteiger partial charge in [-0.15, -0.1) is 11.8 Å². The maximum absolute atomic E-state index is 12.5. The fraction of sp³-hybridized carbons (Fsp3) is 0.500. The van der Waals surface area contributed by atoms with Gasteiger partial charge in [-0.1, -0.05) is 38.0 Å². The third-order valence-corrected chi connectivity index (χ3v) is 5.96. The number of nitrogens with zero attached hydrogens (tertiary/aromatic N) is 2. The van der Waals surface area contributed by atoms with Gasteiger partial charge in [-0.2, -0.15) is 0 Å². The van der Waals surface area contributed by atoms with E-state index < -0.39 is 0 Å². The van der Waals surface area contributed by atoms with Crippen molar-refractivity contribution in [3.8, 4) is 11.5 Å². The van der Waals surface area contributed by atoms with E-state index >= 15 is 0 Å². The van der Waals surface area contributed by atoms with Crippen LogP contribution in [0.4, 0.5) is 0 Å². The quantitative estimate of drug-likeness (QED) is 0.756. The first kappa shape index (κ1) is 18.1. The maximum Gasteiger partial charge on any atom is 0.232 e. The molecule has 0 spiro atoms. The highest BCUT2D eigenvalue weighted by atomic mass is 32.2. The van der Waals surface area contributed by atoms with Gasteiger partial charge in [0, 0.05) is 24.4 Å². The van der Waals surface area contributed by atoms with Gasteiger partial charge >= 0.3 is 0 Å². The van der Waals surface area contributed by atoms with E-state index in [2.05, 4.69) is 11.9 Å². The smallest absolute Gasteiger partial charge is 0.232 e. The molecule has 1 saturated carbocycles. The van der Waals surface area contributed by atoms with Gasteiger partial charge in [0.25, 0.3) is 0 Å². The molecule has 25 heavy (non-hydrogen) atoms. The molecule has 5 heteroatoms. The van der Waals surface area contributed by atoms with Gasteiger partial charge in [-0.05, 0) is 30.9 Å². The average molecular weight is 359 g/mol. The zero-order valence-electron chi connectivity index (χ0n) is 15.0. The van der Waals surface area contributed by atoms with Crippen LogP contribution >= 0.6 is 11.8 Å². The first-order valence-corrected chi connectivity index (χ1v) is 10.1. The monoisotopic (exact) mass is 358 g/mol. The largest absolute Gasteiger partial charge is 0.444 e. The fourth-order valence-electron chi connectivity index (χ4n) is 3.49. The number of benzene rings is 1. The Balaban J connectivity index is 1.48. The zero-order chi connectivity index (χ0) is 17.6. The van der Waals surface area contributed by atoms with E-state index in [1.165, 1.54) is 19.3 Å². The van der Waals surface area contributed by atoms with Crippen molar-refractivity contribution >= 4 is 17.7 Å². The van der Waals surface area contributed by atoms with Gasteiger partial charge in [0.1, 0.15) is 6.26 Å². The van der Waals surface area contributed by atoms with E-state index in [9.17, 15) is 4.79 Å². The molecule has 0 aliphatic heterocycles. The average Bonchev–Trinajstić information content (AvgIpc) is 3.11. The van der Waals surface area contributed by atoms with Gasteiger partial charge < -0.3 is 9.32 Å². The van der Waals surface area contributed by atoms with Crippen LogP contribution in [0.15, 0.2) is 41.0 Å². The Labute approximate surface area is 154 Å². The topological polar surface area (TPSA) is 46.3 Å². The minimum atomic E-state index is 0.218. The van der Waals surface area contributed by atoms with Crippen molar-refractivity contribution in [3.05, 3.63) is 42.3 Å². The summed E-state index contributed by atoms with van der Waals surface area (Å²) in [7, 11) is 1.96. The van der Waals surface area contributed by atoms with Gasteiger partial charge in [0.15, 0.2) is 0 Å². The van der Waals surface area contributed by atoms with Crippen LogP contribution in [0.2, 0.25) is 0 Å². The molecular weight excluding hydrogens is 332 g/mol. The Kier molecular flexibility index (Phi) is 6.19. The second-order valence-electron chi connectivity index (χ2n) is 6.84. The number of hydrogen-bond donors (Lipinski definition) is 0. The van der Waals surface area contributed by atoms with Crippen molar-refractivity contribution in [1.29, 1.82) is 0 Å². The van der Waals surface area contributed by atoms with Gasteiger partial charge in [-0.3, -0.25) is 4.79 Å². The summed E-state index contributed by atoms with van der Waals surface area (Å²) in [5, 5.41) is 0. The molecule has 1 aromatic heterocycles. The molecule has 3 rings (SSSR count). The predicted octanol–water partition coefficient (Wildman–Crippen LogP) is 4.61. The number of rotatable bonds is 6. The Morgan fingerprint density at radius 3 is 2.80 bits per heavy atom. The summed E-state index contributed by atoms with van der Waals surface area (Å²) in [5.41, 5.74) is 1.85. The van der Waals surface area contributed by atoms with Crippen molar-refractivity contribution in [2.24, 2.45) is 5.92 Å². The summed E-state index contributed by atoms with van der Waals surface area (Å²) < 4.78 is 5.55. The summed E-state index contributed by atoms with van der Waals surface area (Å²) in [6.07, 6.45) is 6.59. The standard InChI is InChI=1S/C20H26N2O2S/c1-15-8-6-7-11-18(15)22(2)19(23)14-25-13-17-12-24-20(21-17)16-9-4-3-5-10-16/h3-5,9-10,12,15,18H,6-8,11,13-14H2,1-2H3. The molecule has 2 unspecified atom stereocenters. The van der Waals surface area contributed by atoms with E-state index in [0.717, 1.165) is 17.7 Å². The van der Waals surface area contributed by atoms with Crippen LogP contribution in [0.25, 0.3) is 11.5 Å². The molecule has 134 valence electrons. The molecule has 1 fully saturated rings. The molecule has 2 aromatic rings. The number of carbonyl (C=O) groups is 1. The molecule has 1 heterocycles. The predicted molar refractivity (Wildman–Crippen MR) is 102 cm³/mol. The normalized spacial score (nSPS) is 20.4. The maximum atomic E-state index is 12.5. The second-order valence-corrected chi connectivity index (χ2v) is 7.82. The number of aromatic nitrogens is 1. The molecule has 1 aromatic carbocycles. The summed E-state index contributed by atoms with van der Waals surface area (Å²) in [6.45, 7) is 2.27. The number of carbonyl (C=O) groups excluding carboxylic acids is 1. The van der Waals surface area contributed by atoms with Crippen LogP contribution in [0.1, 0.15) is 38.3 Å². The summed E-state index contributed by atoms with van der Waals surface area (Å²) in [6, 6.07) is 10.3. The lowest BCUT2D eigenvalue weighted by Crippen LogP contribution is -2.43. The highest BCUT2D eigenvalue weighted by Crippen LogP contribution is 2.28. The lowest BCUT2D eigenvalue weighted by Gasteiger charge is -2.36. The first-order valence-electron chi connectivity index (χ1n) is 8.98. The number of thioether (sulfide) groups is 1. The van der Waals surface area contributed by atoms with Gasteiger partial charge in [0.05, 0.1) is 11.4 Å². The van der Waals surface area contributed by atoms with Crippen LogP contribution in [-0.4, -0.2) is 34.6 Å². The molecule has 1 aliphatic carbocycles. The van der Waals surface area contributed by atoms with E-state index in [1.54, 1.807) is 18.0 Å². The zero-order valence-corrected chi connectivity index (χ0v) is 15.8. The number of amides is 1. The minimum absolute atomic E-state index is 0.218. The fourth-order valence-corrected chi connectivity index (χ4v) is 4.31. The molecular formula is C20H26N2O2S. The summed E-state index contributed by atoms with van der Waals surface area (Å²) >= 11 is 1.60. The molecule has 0 radical (unpaired) electrons. The number of oxazole rings is 1. The van der Waals surface area contributed by atoms with E-state index in [0.29, 0.717) is 29.4 Å².